The van der Waals surface area contributed by atoms with E-state index in [-0.39, 0.29) is 22.0 Å². The number of fused-ring (bicyclic) bond motifs is 1. The summed E-state index contributed by atoms with van der Waals surface area (Å²) in [6, 6.07) is 11.5. The monoisotopic (exact) mass is 583 g/mol. The first-order valence-electron chi connectivity index (χ1n) is 13.6. The summed E-state index contributed by atoms with van der Waals surface area (Å²) in [5.74, 6) is 1.72. The summed E-state index contributed by atoms with van der Waals surface area (Å²) in [5.41, 5.74) is 6.59. The van der Waals surface area contributed by atoms with Crippen LogP contribution in [0.4, 0.5) is 5.69 Å². The summed E-state index contributed by atoms with van der Waals surface area (Å²) in [6.45, 7) is 3.73. The number of ether oxygens (including phenoxy) is 3. The van der Waals surface area contributed by atoms with Crippen LogP contribution in [0.1, 0.15) is 39.0 Å². The van der Waals surface area contributed by atoms with E-state index in [1.807, 2.05) is 6.92 Å². The standard InChI is InChI=1S/C29H37N5O6S/c1-4-13-38-21-15-22(39-14-8-6-5-7-11-30)17-23(16-21)40-28-19-27-26(33(2)29(35)34(27)3)18-25(28)32-41(36,37)24-10-9-12-31-20-24/h9-10,12,15-20,32H,4-8,11,13-14,30H2,1-3H3. The van der Waals surface area contributed by atoms with E-state index in [1.165, 1.54) is 33.7 Å². The number of pyridine rings is 1. The highest BCUT2D eigenvalue weighted by molar-refractivity contribution is 7.92. The molecule has 4 aromatic rings. The number of nitrogens with zero attached hydrogens (tertiary/aromatic N) is 3. The van der Waals surface area contributed by atoms with Gasteiger partial charge in [-0.3, -0.25) is 18.8 Å². The Balaban J connectivity index is 1.70. The van der Waals surface area contributed by atoms with Crippen molar-refractivity contribution in [2.45, 2.75) is 43.9 Å². The van der Waals surface area contributed by atoms with Gasteiger partial charge in [-0.1, -0.05) is 19.8 Å². The minimum absolute atomic E-state index is 0.00916. The molecule has 0 amide bonds. The number of nitrogens with two attached hydrogens (primary N) is 1. The maximum absolute atomic E-state index is 13.2. The number of rotatable bonds is 15. The molecule has 0 saturated heterocycles. The molecule has 2 aromatic heterocycles. The van der Waals surface area contributed by atoms with Gasteiger partial charge in [-0.25, -0.2) is 13.2 Å². The molecule has 11 nitrogen and oxygen atoms in total. The second kappa shape index (κ2) is 13.6. The van der Waals surface area contributed by atoms with Crippen LogP contribution in [-0.4, -0.2) is 42.3 Å². The Morgan fingerprint density at radius 3 is 2.22 bits per heavy atom. The van der Waals surface area contributed by atoms with Crippen molar-refractivity contribution in [1.82, 2.24) is 14.1 Å². The molecule has 41 heavy (non-hydrogen) atoms. The SMILES string of the molecule is CCCOc1cc(OCCCCCCN)cc(Oc2cc3c(cc2NS(=O)(=O)c2cccnc2)n(C)c(=O)n3C)c1. The molecule has 2 aromatic carbocycles. The van der Waals surface area contributed by atoms with Gasteiger partial charge >= 0.3 is 5.69 Å². The summed E-state index contributed by atoms with van der Waals surface area (Å²) in [6.07, 6.45) is 7.51. The van der Waals surface area contributed by atoms with Gasteiger partial charge < -0.3 is 19.9 Å². The van der Waals surface area contributed by atoms with Gasteiger partial charge in [0.25, 0.3) is 10.0 Å². The zero-order chi connectivity index (χ0) is 29.4. The number of anilines is 1. The average Bonchev–Trinajstić information content (AvgIpc) is 3.17. The Bertz CT molecular complexity index is 1630. The number of imidazole rings is 1. The maximum atomic E-state index is 13.2. The van der Waals surface area contributed by atoms with Crippen LogP contribution in [0, 0.1) is 0 Å². The van der Waals surface area contributed by atoms with E-state index >= 15 is 0 Å². The Hall–Kier alpha value is -4.03. The predicted octanol–water partition coefficient (Wildman–Crippen LogP) is 4.55. The Labute approximate surface area is 239 Å². The first-order valence-corrected chi connectivity index (χ1v) is 15.1. The van der Waals surface area contributed by atoms with Gasteiger partial charge in [0.15, 0.2) is 5.75 Å². The number of aryl methyl sites for hydroxylation is 2. The molecule has 0 unspecified atom stereocenters. The van der Waals surface area contributed by atoms with Crippen LogP contribution in [0.2, 0.25) is 0 Å². The molecule has 0 aliphatic heterocycles. The van der Waals surface area contributed by atoms with Crippen molar-refractivity contribution in [3.8, 4) is 23.0 Å². The van der Waals surface area contributed by atoms with Gasteiger partial charge in [-0.2, -0.15) is 0 Å². The van der Waals surface area contributed by atoms with Gasteiger partial charge in [0.05, 0.1) is 29.9 Å². The highest BCUT2D eigenvalue weighted by atomic mass is 32.2. The third-order valence-corrected chi connectivity index (χ3v) is 7.83. The summed E-state index contributed by atoms with van der Waals surface area (Å²) in [7, 11) is -0.738. The topological polar surface area (TPSA) is 140 Å². The van der Waals surface area contributed by atoms with Gasteiger partial charge in [0.2, 0.25) is 0 Å². The lowest BCUT2D eigenvalue weighted by molar-refractivity contribution is 0.292. The zero-order valence-electron chi connectivity index (χ0n) is 23.6. The average molecular weight is 584 g/mol. The Kier molecular flexibility index (Phi) is 9.90. The lowest BCUT2D eigenvalue weighted by Gasteiger charge is -2.16. The summed E-state index contributed by atoms with van der Waals surface area (Å²) < 4.78 is 50.1. The fourth-order valence-corrected chi connectivity index (χ4v) is 5.33. The minimum atomic E-state index is -4.01. The number of benzene rings is 2. The number of aromatic nitrogens is 3. The summed E-state index contributed by atoms with van der Waals surface area (Å²) in [4.78, 5) is 16.6. The third-order valence-electron chi connectivity index (χ3n) is 6.48. The van der Waals surface area contributed by atoms with Crippen molar-refractivity contribution >= 4 is 26.7 Å². The largest absolute Gasteiger partial charge is 0.493 e. The molecule has 2 heterocycles. The molecule has 0 bridgehead atoms. The number of unbranched alkanes of at least 4 members (excludes halogenated alkanes) is 3. The van der Waals surface area contributed by atoms with Crippen LogP contribution in [-0.2, 0) is 24.1 Å². The van der Waals surface area contributed by atoms with Crippen molar-refractivity contribution in [3.05, 3.63) is 65.3 Å². The fraction of sp³-hybridized carbons (Fsp3) is 0.379. The second-order valence-corrected chi connectivity index (χ2v) is 11.4. The molecule has 0 atom stereocenters. The molecule has 0 radical (unpaired) electrons. The summed E-state index contributed by atoms with van der Waals surface area (Å²) in [5, 5.41) is 0. The fourth-order valence-electron chi connectivity index (χ4n) is 4.31. The van der Waals surface area contributed by atoms with Crippen molar-refractivity contribution < 1.29 is 22.6 Å². The summed E-state index contributed by atoms with van der Waals surface area (Å²) >= 11 is 0. The van der Waals surface area contributed by atoms with E-state index in [0.717, 1.165) is 32.1 Å². The van der Waals surface area contributed by atoms with Crippen LogP contribution in [0.3, 0.4) is 0 Å². The van der Waals surface area contributed by atoms with E-state index in [2.05, 4.69) is 9.71 Å². The molecule has 0 aliphatic carbocycles. The molecule has 12 heteroatoms. The first kappa shape index (κ1) is 29.9. The van der Waals surface area contributed by atoms with Crippen molar-refractivity contribution in [2.24, 2.45) is 19.8 Å². The van der Waals surface area contributed by atoms with Gasteiger partial charge in [-0.05, 0) is 44.0 Å². The van der Waals surface area contributed by atoms with Crippen molar-refractivity contribution in [2.75, 3.05) is 24.5 Å². The molecular formula is C29H37N5O6S. The van der Waals surface area contributed by atoms with E-state index in [1.54, 1.807) is 44.4 Å². The maximum Gasteiger partial charge on any atom is 0.328 e. The second-order valence-electron chi connectivity index (χ2n) is 9.67. The van der Waals surface area contributed by atoms with Gasteiger partial charge in [-0.15, -0.1) is 0 Å². The Morgan fingerprint density at radius 1 is 0.902 bits per heavy atom. The van der Waals surface area contributed by atoms with Crippen LogP contribution in [0.15, 0.2) is 64.5 Å². The van der Waals surface area contributed by atoms with E-state index in [0.29, 0.717) is 48.0 Å². The van der Waals surface area contributed by atoms with Crippen LogP contribution in [0.5, 0.6) is 23.0 Å². The van der Waals surface area contributed by atoms with Crippen LogP contribution >= 0.6 is 0 Å². The smallest absolute Gasteiger partial charge is 0.328 e. The van der Waals surface area contributed by atoms with E-state index < -0.39 is 10.0 Å². The normalized spacial score (nSPS) is 11.5. The molecule has 3 N–H and O–H groups in total. The van der Waals surface area contributed by atoms with Crippen molar-refractivity contribution in [1.29, 1.82) is 0 Å². The molecule has 0 fully saturated rings. The van der Waals surface area contributed by atoms with E-state index in [4.69, 9.17) is 19.9 Å². The number of nitrogens with one attached hydrogen (secondary N) is 1. The highest BCUT2D eigenvalue weighted by Crippen LogP contribution is 2.37. The van der Waals surface area contributed by atoms with Crippen LogP contribution in [0.25, 0.3) is 11.0 Å². The minimum Gasteiger partial charge on any atom is -0.493 e. The molecule has 4 rings (SSSR count). The lowest BCUT2D eigenvalue weighted by atomic mass is 10.2. The molecule has 220 valence electrons. The quantitative estimate of drug-likeness (QED) is 0.194. The molecule has 0 spiro atoms. The highest BCUT2D eigenvalue weighted by Gasteiger charge is 2.21. The zero-order valence-corrected chi connectivity index (χ0v) is 24.4. The lowest BCUT2D eigenvalue weighted by Crippen LogP contribution is -2.19. The van der Waals surface area contributed by atoms with E-state index in [9.17, 15) is 13.2 Å². The molecular weight excluding hydrogens is 546 g/mol. The molecule has 0 aliphatic rings. The van der Waals surface area contributed by atoms with Crippen LogP contribution < -0.4 is 30.4 Å². The van der Waals surface area contributed by atoms with Crippen molar-refractivity contribution in [3.63, 3.8) is 0 Å². The van der Waals surface area contributed by atoms with Gasteiger partial charge in [0, 0.05) is 50.8 Å². The molecule has 0 saturated carbocycles. The number of hydrogen-bond acceptors (Lipinski definition) is 8. The Morgan fingerprint density at radius 2 is 1.56 bits per heavy atom. The third kappa shape index (κ3) is 7.39. The number of sulfonamides is 1. The predicted molar refractivity (Wildman–Crippen MR) is 159 cm³/mol. The van der Waals surface area contributed by atoms with Gasteiger partial charge in [0.1, 0.15) is 22.1 Å². The number of hydrogen-bond donors (Lipinski definition) is 2. The first-order chi connectivity index (χ1) is 19.7.